The van der Waals surface area contributed by atoms with Gasteiger partial charge in [0.25, 0.3) is 10.0 Å². The fourth-order valence-electron chi connectivity index (χ4n) is 2.86. The van der Waals surface area contributed by atoms with Gasteiger partial charge >= 0.3 is 0 Å². The summed E-state index contributed by atoms with van der Waals surface area (Å²) in [7, 11) is -3.88. The maximum absolute atomic E-state index is 13.0. The predicted molar refractivity (Wildman–Crippen MR) is 105 cm³/mol. The summed E-state index contributed by atoms with van der Waals surface area (Å²) >= 11 is 5.91. The van der Waals surface area contributed by atoms with Gasteiger partial charge < -0.3 is 0 Å². The van der Waals surface area contributed by atoms with Crippen molar-refractivity contribution < 1.29 is 13.2 Å². The molecular formula is C19H18ClN3O3S. The molecule has 0 atom stereocenters. The van der Waals surface area contributed by atoms with Gasteiger partial charge in [-0.25, -0.2) is 13.1 Å². The first kappa shape index (κ1) is 19.1. The molecule has 140 valence electrons. The Kier molecular flexibility index (Phi) is 5.08. The second-order valence-electron chi connectivity index (χ2n) is 6.13. The van der Waals surface area contributed by atoms with E-state index in [2.05, 4.69) is 9.82 Å². The highest BCUT2D eigenvalue weighted by Crippen LogP contribution is 2.25. The molecule has 8 heteroatoms. The topological polar surface area (TPSA) is 81.1 Å². The van der Waals surface area contributed by atoms with Crippen LogP contribution in [0, 0.1) is 13.8 Å². The standard InChI is InChI=1S/C19H18ClN3O3S/c1-12-19(13(2)23(21-12)18-9-7-16(20)8-10-18)27(25,26)22-17-6-4-5-15(11-17)14(3)24/h4-11,22H,1-3H3. The zero-order valence-electron chi connectivity index (χ0n) is 15.0. The molecule has 0 saturated carbocycles. The van der Waals surface area contributed by atoms with Crippen LogP contribution >= 0.6 is 11.6 Å². The fourth-order valence-corrected chi connectivity index (χ4v) is 4.43. The Hall–Kier alpha value is -2.64. The highest BCUT2D eigenvalue weighted by Gasteiger charge is 2.25. The number of carbonyl (C=O) groups is 1. The number of benzene rings is 2. The van der Waals surface area contributed by atoms with Crippen LogP contribution in [0.1, 0.15) is 28.7 Å². The summed E-state index contributed by atoms with van der Waals surface area (Å²) in [5.74, 6) is -0.140. The number of carbonyl (C=O) groups excluding carboxylic acids is 1. The molecule has 3 aromatic rings. The zero-order valence-corrected chi connectivity index (χ0v) is 16.6. The van der Waals surface area contributed by atoms with Gasteiger partial charge in [-0.05, 0) is 57.2 Å². The summed E-state index contributed by atoms with van der Waals surface area (Å²) in [6.07, 6.45) is 0. The molecular weight excluding hydrogens is 386 g/mol. The largest absolute Gasteiger partial charge is 0.295 e. The van der Waals surface area contributed by atoms with Crippen molar-refractivity contribution in [2.45, 2.75) is 25.7 Å². The van der Waals surface area contributed by atoms with Crippen LogP contribution in [0.4, 0.5) is 5.69 Å². The number of Topliss-reactive ketones (excluding diaryl/α,β-unsaturated/α-hetero) is 1. The van der Waals surface area contributed by atoms with Crippen LogP contribution in [-0.4, -0.2) is 24.0 Å². The van der Waals surface area contributed by atoms with Gasteiger partial charge in [-0.1, -0.05) is 23.7 Å². The van der Waals surface area contributed by atoms with Crippen LogP contribution in [0.5, 0.6) is 0 Å². The molecule has 1 N–H and O–H groups in total. The van der Waals surface area contributed by atoms with E-state index in [4.69, 9.17) is 11.6 Å². The first-order chi connectivity index (χ1) is 12.7. The van der Waals surface area contributed by atoms with Crippen LogP contribution in [0.2, 0.25) is 5.02 Å². The Morgan fingerprint density at radius 1 is 1.11 bits per heavy atom. The number of nitrogens with one attached hydrogen (secondary N) is 1. The molecule has 0 saturated heterocycles. The second-order valence-corrected chi connectivity index (χ2v) is 8.19. The van der Waals surface area contributed by atoms with Crippen molar-refractivity contribution in [2.75, 3.05) is 4.72 Å². The van der Waals surface area contributed by atoms with E-state index in [1.54, 1.807) is 61.0 Å². The van der Waals surface area contributed by atoms with Crippen LogP contribution < -0.4 is 4.72 Å². The van der Waals surface area contributed by atoms with Gasteiger partial charge in [-0.15, -0.1) is 0 Å². The Labute approximate surface area is 162 Å². The minimum Gasteiger partial charge on any atom is -0.295 e. The molecule has 27 heavy (non-hydrogen) atoms. The fraction of sp³-hybridized carbons (Fsp3) is 0.158. The maximum Gasteiger partial charge on any atom is 0.265 e. The van der Waals surface area contributed by atoms with Gasteiger partial charge in [-0.3, -0.25) is 9.52 Å². The number of halogens is 1. The highest BCUT2D eigenvalue weighted by molar-refractivity contribution is 7.92. The lowest BCUT2D eigenvalue weighted by Crippen LogP contribution is -2.15. The minimum absolute atomic E-state index is 0.102. The van der Waals surface area contributed by atoms with E-state index in [1.807, 2.05) is 0 Å². The molecule has 3 rings (SSSR count). The minimum atomic E-state index is -3.88. The summed E-state index contributed by atoms with van der Waals surface area (Å²) in [5.41, 5.74) is 2.31. The Morgan fingerprint density at radius 3 is 2.41 bits per heavy atom. The average Bonchev–Trinajstić information content (AvgIpc) is 2.90. The number of hydrogen-bond donors (Lipinski definition) is 1. The van der Waals surface area contributed by atoms with E-state index >= 15 is 0 Å². The van der Waals surface area contributed by atoms with Crippen LogP contribution in [-0.2, 0) is 10.0 Å². The van der Waals surface area contributed by atoms with Gasteiger partial charge in [0, 0.05) is 16.3 Å². The third-order valence-corrected chi connectivity index (χ3v) is 5.97. The number of anilines is 1. The molecule has 6 nitrogen and oxygen atoms in total. The molecule has 0 unspecified atom stereocenters. The number of ketones is 1. The summed E-state index contributed by atoms with van der Waals surface area (Å²) < 4.78 is 30.0. The molecule has 0 aliphatic rings. The molecule has 0 aliphatic heterocycles. The van der Waals surface area contributed by atoms with Crippen molar-refractivity contribution in [1.29, 1.82) is 0 Å². The summed E-state index contributed by atoms with van der Waals surface area (Å²) in [4.78, 5) is 11.6. The summed E-state index contributed by atoms with van der Waals surface area (Å²) in [6.45, 7) is 4.76. The van der Waals surface area contributed by atoms with Gasteiger partial charge in [0.2, 0.25) is 0 Å². The Balaban J connectivity index is 2.01. The molecule has 0 aliphatic carbocycles. The Morgan fingerprint density at radius 2 is 1.78 bits per heavy atom. The molecule has 0 fully saturated rings. The molecule has 2 aromatic carbocycles. The van der Waals surface area contributed by atoms with Crippen LogP contribution in [0.3, 0.4) is 0 Å². The van der Waals surface area contributed by atoms with E-state index in [-0.39, 0.29) is 10.7 Å². The van der Waals surface area contributed by atoms with E-state index in [1.165, 1.54) is 13.0 Å². The number of sulfonamides is 1. The van der Waals surface area contributed by atoms with E-state index < -0.39 is 10.0 Å². The number of nitrogens with zero attached hydrogens (tertiary/aromatic N) is 2. The molecule has 0 amide bonds. The Bertz CT molecular complexity index is 1120. The predicted octanol–water partition coefficient (Wildman–Crippen LogP) is 4.15. The van der Waals surface area contributed by atoms with Crippen LogP contribution in [0.25, 0.3) is 5.69 Å². The maximum atomic E-state index is 13.0. The normalized spacial score (nSPS) is 11.4. The quantitative estimate of drug-likeness (QED) is 0.649. The second kappa shape index (κ2) is 7.17. The van der Waals surface area contributed by atoms with E-state index in [0.29, 0.717) is 33.3 Å². The van der Waals surface area contributed by atoms with Crippen molar-refractivity contribution in [2.24, 2.45) is 0 Å². The third kappa shape index (κ3) is 3.89. The van der Waals surface area contributed by atoms with E-state index in [9.17, 15) is 13.2 Å². The first-order valence-corrected chi connectivity index (χ1v) is 10.0. The van der Waals surface area contributed by atoms with Crippen molar-refractivity contribution in [3.8, 4) is 5.69 Å². The number of hydrogen-bond acceptors (Lipinski definition) is 4. The number of rotatable bonds is 5. The molecule has 0 radical (unpaired) electrons. The van der Waals surface area contributed by atoms with Gasteiger partial charge in [0.15, 0.2) is 5.78 Å². The smallest absolute Gasteiger partial charge is 0.265 e. The van der Waals surface area contributed by atoms with E-state index in [0.717, 1.165) is 0 Å². The number of aromatic nitrogens is 2. The zero-order chi connectivity index (χ0) is 19.8. The lowest BCUT2D eigenvalue weighted by molar-refractivity contribution is 0.101. The SMILES string of the molecule is CC(=O)c1cccc(NS(=O)(=O)c2c(C)nn(-c3ccc(Cl)cc3)c2C)c1. The van der Waals surface area contributed by atoms with Crippen molar-refractivity contribution in [3.05, 3.63) is 70.5 Å². The lowest BCUT2D eigenvalue weighted by atomic mass is 10.1. The van der Waals surface area contributed by atoms with Crippen molar-refractivity contribution in [1.82, 2.24) is 9.78 Å². The van der Waals surface area contributed by atoms with Gasteiger partial charge in [0.1, 0.15) is 4.90 Å². The third-order valence-electron chi connectivity index (χ3n) is 4.09. The van der Waals surface area contributed by atoms with Crippen LogP contribution in [0.15, 0.2) is 53.4 Å². The average molecular weight is 404 g/mol. The monoisotopic (exact) mass is 403 g/mol. The van der Waals surface area contributed by atoms with Gasteiger partial charge in [-0.2, -0.15) is 5.10 Å². The van der Waals surface area contributed by atoms with Crippen molar-refractivity contribution >= 4 is 33.1 Å². The summed E-state index contributed by atoms with van der Waals surface area (Å²) in [5, 5.41) is 4.95. The molecule has 0 bridgehead atoms. The van der Waals surface area contributed by atoms with Gasteiger partial charge in [0.05, 0.1) is 17.1 Å². The molecule has 1 aromatic heterocycles. The van der Waals surface area contributed by atoms with Crippen molar-refractivity contribution in [3.63, 3.8) is 0 Å². The first-order valence-electron chi connectivity index (χ1n) is 8.15. The highest BCUT2D eigenvalue weighted by atomic mass is 35.5. The number of aryl methyl sites for hydroxylation is 1. The molecule has 1 heterocycles. The molecule has 0 spiro atoms. The lowest BCUT2D eigenvalue weighted by Gasteiger charge is -2.10. The summed E-state index contributed by atoms with van der Waals surface area (Å²) in [6, 6.07) is 13.3.